The lowest BCUT2D eigenvalue weighted by atomic mass is 10.1. The maximum absolute atomic E-state index is 12.3. The summed E-state index contributed by atoms with van der Waals surface area (Å²) < 4.78 is 16.6. The van der Waals surface area contributed by atoms with E-state index >= 15 is 0 Å². The molecule has 0 bridgehead atoms. The second-order valence-electron chi connectivity index (χ2n) is 10.4. The molecule has 0 aromatic heterocycles. The number of alkyl halides is 1. The molecule has 9 nitrogen and oxygen atoms in total. The molecule has 260 valence electrons. The van der Waals surface area contributed by atoms with E-state index in [0.29, 0.717) is 51.2 Å². The van der Waals surface area contributed by atoms with Crippen LogP contribution in [-0.2, 0) is 30.5 Å². The maximum atomic E-state index is 12.3. The number of nitrogens with zero attached hydrogens (tertiary/aromatic N) is 2. The highest BCUT2D eigenvalue weighted by molar-refractivity contribution is 9.09. The van der Waals surface area contributed by atoms with Crippen LogP contribution in [0.15, 0.2) is 71.0 Å². The molecule has 0 aliphatic heterocycles. The number of hydrogen-bond donors (Lipinski definition) is 0. The first-order valence-corrected chi connectivity index (χ1v) is 17.1. The Balaban J connectivity index is 0.000000365. The molecule has 3 aromatic rings. The molecular formula is C35H40BrCl3N2O7. The molecule has 2 atom stereocenters. The van der Waals surface area contributed by atoms with Crippen molar-refractivity contribution in [2.75, 3.05) is 27.4 Å². The van der Waals surface area contributed by atoms with E-state index in [4.69, 9.17) is 49.0 Å². The van der Waals surface area contributed by atoms with Crippen LogP contribution in [0.5, 0.6) is 0 Å². The van der Waals surface area contributed by atoms with Gasteiger partial charge >= 0.3 is 11.9 Å². The summed E-state index contributed by atoms with van der Waals surface area (Å²) in [5.41, 5.74) is 3.95. The highest BCUT2D eigenvalue weighted by Gasteiger charge is 2.16. The van der Waals surface area contributed by atoms with E-state index in [1.54, 1.807) is 48.8 Å². The van der Waals surface area contributed by atoms with Gasteiger partial charge in [-0.15, -0.1) is 0 Å². The Hall–Kier alpha value is -3.15. The lowest BCUT2D eigenvalue weighted by Gasteiger charge is -2.18. The Morgan fingerprint density at radius 2 is 1.21 bits per heavy atom. The van der Waals surface area contributed by atoms with Crippen LogP contribution in [0.4, 0.5) is 0 Å². The van der Waals surface area contributed by atoms with Gasteiger partial charge < -0.3 is 23.9 Å². The molecule has 3 aromatic carbocycles. The van der Waals surface area contributed by atoms with Crippen LogP contribution in [0.3, 0.4) is 0 Å². The number of ether oxygens (including phenoxy) is 3. The van der Waals surface area contributed by atoms with Gasteiger partial charge in [-0.3, -0.25) is 0 Å². The van der Waals surface area contributed by atoms with E-state index in [-0.39, 0.29) is 30.1 Å². The minimum absolute atomic E-state index is 0.0898. The van der Waals surface area contributed by atoms with Gasteiger partial charge in [0, 0.05) is 22.3 Å². The van der Waals surface area contributed by atoms with Crippen LogP contribution in [0, 0.1) is 13.8 Å². The zero-order chi connectivity index (χ0) is 35.3. The van der Waals surface area contributed by atoms with Crippen LogP contribution in [0.1, 0.15) is 63.1 Å². The fraction of sp³-hybridized carbons (Fsp3) is 0.371. The van der Waals surface area contributed by atoms with E-state index in [1.165, 1.54) is 14.2 Å². The second kappa shape index (κ2) is 23.2. The number of esters is 2. The molecule has 0 unspecified atom stereocenters. The van der Waals surface area contributed by atoms with Crippen molar-refractivity contribution < 1.29 is 33.5 Å². The van der Waals surface area contributed by atoms with Crippen molar-refractivity contribution in [1.29, 1.82) is 0 Å². The van der Waals surface area contributed by atoms with Crippen LogP contribution in [0.25, 0.3) is 0 Å². The fourth-order valence-corrected chi connectivity index (χ4v) is 4.85. The first-order valence-electron chi connectivity index (χ1n) is 15.0. The number of halogens is 4. The largest absolute Gasteiger partial charge is 0.461 e. The van der Waals surface area contributed by atoms with E-state index in [2.05, 4.69) is 35.9 Å². The molecule has 48 heavy (non-hydrogen) atoms. The molecule has 0 saturated heterocycles. The molecule has 0 radical (unpaired) electrons. The number of aryl methyl sites for hydroxylation is 2. The third-order valence-electron chi connectivity index (χ3n) is 6.52. The molecule has 0 aliphatic rings. The topological polar surface area (TPSA) is 105 Å². The van der Waals surface area contributed by atoms with Gasteiger partial charge in [0.05, 0.1) is 33.9 Å². The summed E-state index contributed by atoms with van der Waals surface area (Å²) in [4.78, 5) is 33.3. The van der Waals surface area contributed by atoms with E-state index in [1.807, 2.05) is 38.1 Å². The Labute approximate surface area is 305 Å². The standard InChI is InChI=1S/C21H22Cl3NO4.C14H18BrNO3/c1-14-5-7-15(8-6-14)21(26)29-13-17(4-3-9-25-27-2)28-12-16-10-19(23)20(24)11-18(16)22;1-11-5-7-12(8-6-11)14(17)19-10-13(15)4-3-9-16-18-2/h5-11,17H,3-4,12-13H2,1-2H3;5-9,13H,3-4,10H2,1-2H3/t17-;13-/m01/s1. The van der Waals surface area contributed by atoms with Crippen molar-refractivity contribution in [1.82, 2.24) is 0 Å². The smallest absolute Gasteiger partial charge is 0.338 e. The van der Waals surface area contributed by atoms with E-state index in [0.717, 1.165) is 24.0 Å². The summed E-state index contributed by atoms with van der Waals surface area (Å²) in [6, 6.07) is 17.7. The zero-order valence-corrected chi connectivity index (χ0v) is 31.2. The number of carbonyl (C=O) groups excluding carboxylic acids is 2. The van der Waals surface area contributed by atoms with Crippen LogP contribution in [-0.4, -0.2) is 62.7 Å². The third-order valence-corrected chi connectivity index (χ3v) is 8.32. The highest BCUT2D eigenvalue weighted by Crippen LogP contribution is 2.29. The van der Waals surface area contributed by atoms with Crippen molar-refractivity contribution in [2.24, 2.45) is 10.3 Å². The summed E-state index contributed by atoms with van der Waals surface area (Å²) in [6.45, 7) is 4.56. The third kappa shape index (κ3) is 16.3. The van der Waals surface area contributed by atoms with Gasteiger partial charge in [-0.25, -0.2) is 9.59 Å². The Morgan fingerprint density at radius 1 is 0.729 bits per heavy atom. The number of oxime groups is 2. The molecule has 0 fully saturated rings. The van der Waals surface area contributed by atoms with Crippen molar-refractivity contribution in [3.8, 4) is 0 Å². The predicted octanol–water partition coefficient (Wildman–Crippen LogP) is 9.44. The lowest BCUT2D eigenvalue weighted by molar-refractivity contribution is -0.0178. The summed E-state index contributed by atoms with van der Waals surface area (Å²) in [5.74, 6) is -0.702. The monoisotopic (exact) mass is 784 g/mol. The molecule has 0 amide bonds. The molecule has 13 heteroatoms. The van der Waals surface area contributed by atoms with Gasteiger partial charge in [0.1, 0.15) is 27.4 Å². The number of carbonyl (C=O) groups is 2. The van der Waals surface area contributed by atoms with Gasteiger partial charge in [0.15, 0.2) is 0 Å². The van der Waals surface area contributed by atoms with Gasteiger partial charge in [0.25, 0.3) is 0 Å². The number of rotatable bonds is 17. The molecule has 3 rings (SSSR count). The fourth-order valence-electron chi connectivity index (χ4n) is 3.83. The SMILES string of the molecule is CON=CCC[C@@H](Br)COC(=O)c1ccc(C)cc1.CON=CCC[C@@H](COC(=O)c1ccc(C)cc1)OCc1cc(Cl)c(Cl)cc1Cl. The molecule has 0 aliphatic carbocycles. The normalized spacial score (nSPS) is 12.2. The van der Waals surface area contributed by atoms with Crippen LogP contribution >= 0.6 is 50.7 Å². The quantitative estimate of drug-likeness (QED) is 0.0442. The summed E-state index contributed by atoms with van der Waals surface area (Å²) in [6.07, 6.45) is 5.72. The van der Waals surface area contributed by atoms with E-state index < -0.39 is 5.97 Å². The van der Waals surface area contributed by atoms with Gasteiger partial charge in [-0.2, -0.15) is 0 Å². The van der Waals surface area contributed by atoms with Crippen LogP contribution < -0.4 is 0 Å². The maximum Gasteiger partial charge on any atom is 0.338 e. The van der Waals surface area contributed by atoms with Gasteiger partial charge in [-0.1, -0.05) is 96.4 Å². The molecule has 0 spiro atoms. The zero-order valence-electron chi connectivity index (χ0n) is 27.3. The van der Waals surface area contributed by atoms with Crippen molar-refractivity contribution in [3.05, 3.63) is 104 Å². The minimum Gasteiger partial charge on any atom is -0.461 e. The predicted molar refractivity (Wildman–Crippen MR) is 195 cm³/mol. The number of hydrogen-bond acceptors (Lipinski definition) is 9. The van der Waals surface area contributed by atoms with Crippen molar-refractivity contribution in [3.63, 3.8) is 0 Å². The van der Waals surface area contributed by atoms with Crippen molar-refractivity contribution >= 4 is 75.1 Å². The second-order valence-corrected chi connectivity index (χ2v) is 12.9. The average Bonchev–Trinajstić information content (AvgIpc) is 3.07. The molecule has 0 saturated carbocycles. The van der Waals surface area contributed by atoms with Gasteiger partial charge in [-0.05, 0) is 81.5 Å². The molecule has 0 heterocycles. The summed E-state index contributed by atoms with van der Waals surface area (Å²) in [5, 5.41) is 8.57. The number of benzene rings is 3. The lowest BCUT2D eigenvalue weighted by Crippen LogP contribution is -2.22. The van der Waals surface area contributed by atoms with Crippen molar-refractivity contribution in [2.45, 2.75) is 57.1 Å². The summed E-state index contributed by atoms with van der Waals surface area (Å²) in [7, 11) is 2.98. The Bertz CT molecular complexity index is 1470. The molecular weight excluding hydrogens is 747 g/mol. The summed E-state index contributed by atoms with van der Waals surface area (Å²) >= 11 is 21.7. The minimum atomic E-state index is -0.406. The van der Waals surface area contributed by atoms with Gasteiger partial charge in [0.2, 0.25) is 0 Å². The first-order chi connectivity index (χ1) is 23.0. The molecule has 0 N–H and O–H groups in total. The average molecular weight is 787 g/mol. The Kier molecular flexibility index (Phi) is 19.9. The Morgan fingerprint density at radius 3 is 1.73 bits per heavy atom. The first kappa shape index (κ1) is 41.0. The van der Waals surface area contributed by atoms with Crippen LogP contribution in [0.2, 0.25) is 15.1 Å². The van der Waals surface area contributed by atoms with E-state index in [9.17, 15) is 9.59 Å². The highest BCUT2D eigenvalue weighted by atomic mass is 79.9.